The Morgan fingerprint density at radius 1 is 0.598 bits per heavy atom. The lowest BCUT2D eigenvalue weighted by molar-refractivity contribution is -0.154. The van der Waals surface area contributed by atoms with Gasteiger partial charge in [0.1, 0.15) is 66.8 Å². The van der Waals surface area contributed by atoms with Crippen LogP contribution in [-0.2, 0) is 91.6 Å². The minimum absolute atomic E-state index is 0.00408. The molecule has 0 spiro atoms. The van der Waals surface area contributed by atoms with Gasteiger partial charge in [-0.2, -0.15) is 0 Å². The summed E-state index contributed by atoms with van der Waals surface area (Å²) in [5, 5.41) is 7.00. The van der Waals surface area contributed by atoms with Gasteiger partial charge in [0.2, 0.25) is 2.86 Å². The van der Waals surface area contributed by atoms with E-state index in [-0.39, 0.29) is 99.0 Å². The summed E-state index contributed by atoms with van der Waals surface area (Å²) in [7, 11) is 2.58. The molecule has 7 N–H and O–H groups in total. The Balaban J connectivity index is 0.000000340. The lowest BCUT2D eigenvalue weighted by atomic mass is 10.1. The standard InChI is InChI=1S/C30H41N4O14PS.C25H33N4O12PS.2CH4O/c1-15(2)28(39)43-14-50-49(42,48-20-9-23(45-19(20)6)33-11-16(3)26(37)31-29(33)40)44-13-22-21(47-25(36)8-7-18(5)35)10-24(46-22)34-12-17(4)27(38)32-30(34)41;1-12-9-28(24(34)26-22(12)32)19-7-16(15(4)38-19)41-42(36,43)37-11-18-17(40-21(31)6-5-14(3)30)8-20(39-18)29-10-13(2)23(33)27-25(29)35;2*1-2/h11-12,15,19-24H,7-10,13-14H2,1-6H3,(H,31,37,40)(H,32,38,41);9-10,15-20H,5-8,11H2,1-4H3,(H,36,43)(H,26,32,34)(H,27,33,35);2*2H,1H3/t19-,20?,21?,22-,23-,24-,49?;15-,16?,17?,18-,19-,20-,42?;;/m11../s1/i6D;4D;2*2T. The van der Waals surface area contributed by atoms with E-state index >= 15 is 0 Å². The molecule has 0 radical (unpaired) electrons. The van der Waals surface area contributed by atoms with E-state index in [9.17, 15) is 71.8 Å². The number of aryl methyl sites for hydroxylation is 4. The van der Waals surface area contributed by atoms with Crippen LogP contribution in [0.25, 0.3) is 0 Å². The maximum Gasteiger partial charge on any atom is 0.392 e. The van der Waals surface area contributed by atoms with E-state index in [1.807, 2.05) is 0 Å². The number of carbonyl (C=O) groups excluding carboxylic acids is 5. The number of aliphatic hydroxyl groups excluding tert-OH is 2. The van der Waals surface area contributed by atoms with Gasteiger partial charge in [-0.05, 0) is 67.1 Å². The Morgan fingerprint density at radius 3 is 1.27 bits per heavy atom. The highest BCUT2D eigenvalue weighted by Gasteiger charge is 2.46. The van der Waals surface area contributed by atoms with Crippen molar-refractivity contribution < 1.29 is 97.6 Å². The molecule has 4 aliphatic rings. The van der Waals surface area contributed by atoms with Crippen molar-refractivity contribution in [2.45, 2.75) is 194 Å². The molecule has 4 aromatic rings. The summed E-state index contributed by atoms with van der Waals surface area (Å²) >= 11 is 5.73. The molecule has 540 valence electrons. The van der Waals surface area contributed by atoms with Gasteiger partial charge in [-0.3, -0.25) is 80.8 Å². The van der Waals surface area contributed by atoms with Gasteiger partial charge in [-0.15, -0.1) is 0 Å². The maximum atomic E-state index is 14.3. The zero-order valence-corrected chi connectivity index (χ0v) is 57.9. The Kier molecular flexibility index (Phi) is 27.9. The Hall–Kier alpha value is -6.74. The summed E-state index contributed by atoms with van der Waals surface area (Å²) in [4.78, 5) is 177. The molecule has 14 atom stereocenters. The molecule has 4 aliphatic heterocycles. The van der Waals surface area contributed by atoms with Crippen LogP contribution >= 0.6 is 24.9 Å². The second-order valence-electron chi connectivity index (χ2n) is 22.5. The van der Waals surface area contributed by atoms with Crippen LogP contribution in [0.1, 0.15) is 143 Å². The SMILES string of the molecule is [2H]C[C@H]1O[C@@H](n2cc(C)c(=O)[nH]c2=O)CC1OP(=O)(OC[C@H]1O[C@@H](n2cc(C)c(=O)[nH]c2=O)CC1OC(=O)CCC(C)=O)SCOC(=O)C(C)C.[2H]C[C@H]1O[C@@H](n2cc(C)c(=O)[nH]c2=O)CC1OP(O)(=S)OC[C@H]1O[C@@H](n2cc(C)c(=O)[nH]c2=O)CC1OC(=O)CCC(C)=O.[3H]OC.[3H]OC. The largest absolute Gasteiger partial charge is 0.459 e. The van der Waals surface area contributed by atoms with Crippen LogP contribution in [0, 0.1) is 33.6 Å². The number of ketones is 2. The molecule has 8 rings (SSSR count). The molecule has 0 bridgehead atoms. The molecule has 4 aromatic heterocycles. The second kappa shape index (κ2) is 36.4. The van der Waals surface area contributed by atoms with Crippen molar-refractivity contribution in [1.29, 1.82) is 2.86 Å². The zero-order chi connectivity index (χ0) is 75.4. The number of aliphatic hydroxyl groups is 2. The summed E-state index contributed by atoms with van der Waals surface area (Å²) in [5.41, 5.74) is -4.38. The van der Waals surface area contributed by atoms with Crippen LogP contribution < -0.4 is 45.0 Å². The molecule has 4 fully saturated rings. The summed E-state index contributed by atoms with van der Waals surface area (Å²) in [5.74, 6) is -3.41. The first-order valence-corrected chi connectivity index (χ1v) is 35.5. The number of aromatic amines is 4. The summed E-state index contributed by atoms with van der Waals surface area (Å²) in [6.07, 6.45) is -7.60. The average Bonchev–Trinajstić information content (AvgIpc) is 1.69. The van der Waals surface area contributed by atoms with Crippen molar-refractivity contribution in [3.63, 3.8) is 0 Å². The van der Waals surface area contributed by atoms with Gasteiger partial charge < -0.3 is 66.9 Å². The van der Waals surface area contributed by atoms with Crippen LogP contribution in [0.4, 0.5) is 0 Å². The molecule has 0 saturated carbocycles. The third-order valence-corrected chi connectivity index (χ3v) is 19.6. The number of carbonyl (C=O) groups is 5. The monoisotopic (exact) mass is 1460 g/mol. The lowest BCUT2D eigenvalue weighted by Crippen LogP contribution is -2.33. The van der Waals surface area contributed by atoms with Crippen molar-refractivity contribution >= 4 is 66.2 Å². The van der Waals surface area contributed by atoms with Gasteiger partial charge in [0, 0.05) is 114 Å². The van der Waals surface area contributed by atoms with Gasteiger partial charge in [0.05, 0.1) is 56.4 Å². The number of nitrogens with zero attached hydrogens (tertiary/aromatic N) is 4. The Labute approximate surface area is 566 Å². The van der Waals surface area contributed by atoms with Gasteiger partial charge in [-0.25, -0.2) is 23.7 Å². The molecule has 6 unspecified atom stereocenters. The van der Waals surface area contributed by atoms with E-state index in [1.165, 1.54) is 80.5 Å². The van der Waals surface area contributed by atoms with E-state index in [2.05, 4.69) is 30.2 Å². The number of rotatable bonds is 26. The van der Waals surface area contributed by atoms with Crippen LogP contribution in [0.5, 0.6) is 0 Å². The molecule has 0 amide bonds. The van der Waals surface area contributed by atoms with Gasteiger partial charge in [-0.1, -0.05) is 13.8 Å². The van der Waals surface area contributed by atoms with E-state index in [0.29, 0.717) is 11.4 Å². The van der Waals surface area contributed by atoms with Gasteiger partial charge in [0.15, 0.2) is 0 Å². The van der Waals surface area contributed by atoms with Gasteiger partial charge in [0.25, 0.3) is 22.2 Å². The predicted molar refractivity (Wildman–Crippen MR) is 345 cm³/mol. The first-order valence-electron chi connectivity index (χ1n) is 32.0. The number of hydrogen-bond donors (Lipinski definition) is 7. The predicted octanol–water partition coefficient (Wildman–Crippen LogP) is 1.39. The van der Waals surface area contributed by atoms with Crippen LogP contribution in [0.15, 0.2) is 63.1 Å². The Bertz CT molecular complexity index is 4150. The van der Waals surface area contributed by atoms with E-state index in [0.717, 1.165) is 18.3 Å². The number of esters is 3. The fourth-order valence-electron chi connectivity index (χ4n) is 9.59. The molecule has 0 aromatic carbocycles. The Morgan fingerprint density at radius 2 is 0.928 bits per heavy atom. The number of nitrogens with one attached hydrogen (secondary N) is 4. The van der Waals surface area contributed by atoms with Crippen molar-refractivity contribution in [3.05, 3.63) is 130 Å². The highest BCUT2D eigenvalue weighted by molar-refractivity contribution is 8.55. The second-order valence-corrected chi connectivity index (χ2v) is 29.3. The van der Waals surface area contributed by atoms with Crippen LogP contribution in [0.2, 0.25) is 0 Å². The fraction of sp³-hybridized carbons (Fsp3) is 0.632. The molecule has 40 heteroatoms. The average molecular weight is 1460 g/mol. The van der Waals surface area contributed by atoms with Crippen LogP contribution in [-0.4, -0.2) is 168 Å². The molecular weight excluding hydrogens is 1370 g/mol. The molecular formula is C57H82N8O28P2S2. The number of H-pyrrole nitrogens is 4. The van der Waals surface area contributed by atoms with E-state index in [4.69, 9.17) is 68.7 Å². The third kappa shape index (κ3) is 22.9. The first kappa shape index (κ1) is 74.5. The fourth-order valence-corrected chi connectivity index (χ4v) is 13.9. The molecule has 0 aliphatic carbocycles. The van der Waals surface area contributed by atoms with Crippen LogP contribution in [0.3, 0.4) is 0 Å². The van der Waals surface area contributed by atoms with Crippen molar-refractivity contribution in [3.8, 4) is 0 Å². The number of hydrogen-bond acceptors (Lipinski definition) is 29. The highest BCUT2D eigenvalue weighted by Crippen LogP contribution is 2.63. The summed E-state index contributed by atoms with van der Waals surface area (Å²) in [6, 6.07) is 0. The number of Topliss-reactive ketones (excluding diaryl/α,β-unsaturated/α-hetero) is 2. The number of ether oxygens (including phenoxy) is 7. The van der Waals surface area contributed by atoms with E-state index < -0.39 is 175 Å². The minimum atomic E-state index is -4.36. The lowest BCUT2D eigenvalue weighted by Gasteiger charge is -2.25. The van der Waals surface area contributed by atoms with Crippen molar-refractivity contribution in [1.82, 2.24) is 38.2 Å². The highest BCUT2D eigenvalue weighted by atomic mass is 32.7. The molecule has 8 heterocycles. The van der Waals surface area contributed by atoms with E-state index in [1.54, 1.807) is 13.8 Å². The third-order valence-electron chi connectivity index (χ3n) is 14.7. The molecule has 4 saturated heterocycles. The maximum absolute atomic E-state index is 14.3. The topological polar surface area (TPSA) is 484 Å². The summed E-state index contributed by atoms with van der Waals surface area (Å²) < 4.78 is 109. The molecule has 97 heavy (non-hydrogen) atoms. The molecule has 36 nitrogen and oxygen atoms in total. The normalized spacial score (nSPS) is 25.2. The first-order chi connectivity index (χ1) is 47.5. The van der Waals surface area contributed by atoms with Crippen molar-refractivity contribution in [2.75, 3.05) is 33.4 Å². The zero-order valence-electron chi connectivity index (χ0n) is 58.5. The summed E-state index contributed by atoms with van der Waals surface area (Å²) in [6.45, 7) is 1.80. The smallest absolute Gasteiger partial charge is 0.392 e. The number of aromatic nitrogens is 8. The quantitative estimate of drug-likeness (QED) is 0.0202. The van der Waals surface area contributed by atoms with Gasteiger partial charge >= 0.3 is 54.2 Å². The van der Waals surface area contributed by atoms with Crippen molar-refractivity contribution in [2.24, 2.45) is 5.92 Å². The minimum Gasteiger partial charge on any atom is -0.459 e.